The van der Waals surface area contributed by atoms with Gasteiger partial charge in [0.25, 0.3) is 0 Å². The molecule has 0 saturated heterocycles. The van der Waals surface area contributed by atoms with Gasteiger partial charge in [0, 0.05) is 11.8 Å². The lowest BCUT2D eigenvalue weighted by molar-refractivity contribution is 0.0977. The van der Waals surface area contributed by atoms with Crippen molar-refractivity contribution in [2.75, 3.05) is 5.33 Å². The van der Waals surface area contributed by atoms with Gasteiger partial charge in [0.1, 0.15) is 5.75 Å². The molecule has 0 aliphatic carbocycles. The first-order valence-electron chi connectivity index (χ1n) is 4.63. The van der Waals surface area contributed by atoms with Gasteiger partial charge in [-0.1, -0.05) is 28.1 Å². The summed E-state index contributed by atoms with van der Waals surface area (Å²) in [5.74, 6) is 0.0976. The van der Waals surface area contributed by atoms with Crippen LogP contribution in [0.3, 0.4) is 0 Å². The zero-order chi connectivity index (χ0) is 10.4. The fraction of sp³-hybridized carbons (Fsp3) is 0.364. The molecule has 0 saturated carbocycles. The van der Waals surface area contributed by atoms with Crippen LogP contribution in [-0.2, 0) is 0 Å². The number of phenols is 1. The predicted molar refractivity (Wildman–Crippen MR) is 60.1 cm³/mol. The first kappa shape index (κ1) is 11.2. The van der Waals surface area contributed by atoms with Crippen LogP contribution >= 0.6 is 15.9 Å². The molecule has 0 fully saturated rings. The lowest BCUT2D eigenvalue weighted by Gasteiger charge is -2.02. The van der Waals surface area contributed by atoms with Crippen LogP contribution in [0.15, 0.2) is 24.3 Å². The number of Topliss-reactive ketones (excluding diaryl/α,β-unsaturated/α-hetero) is 1. The van der Waals surface area contributed by atoms with Crippen molar-refractivity contribution in [3.05, 3.63) is 29.8 Å². The summed E-state index contributed by atoms with van der Waals surface area (Å²) < 4.78 is 0. The topological polar surface area (TPSA) is 37.3 Å². The van der Waals surface area contributed by atoms with Gasteiger partial charge in [-0.25, -0.2) is 0 Å². The molecule has 76 valence electrons. The van der Waals surface area contributed by atoms with Gasteiger partial charge in [0.2, 0.25) is 0 Å². The van der Waals surface area contributed by atoms with Crippen molar-refractivity contribution >= 4 is 21.7 Å². The van der Waals surface area contributed by atoms with Crippen LogP contribution in [0.4, 0.5) is 0 Å². The van der Waals surface area contributed by atoms with Gasteiger partial charge < -0.3 is 5.11 Å². The molecule has 0 amide bonds. The lowest BCUT2D eigenvalue weighted by atomic mass is 10.1. The molecule has 0 aliphatic rings. The van der Waals surface area contributed by atoms with E-state index in [0.29, 0.717) is 12.0 Å². The van der Waals surface area contributed by atoms with Gasteiger partial charge in [-0.15, -0.1) is 0 Å². The average Bonchev–Trinajstić information content (AvgIpc) is 2.18. The number of unbranched alkanes of at least 4 members (excludes halogenated alkanes) is 1. The minimum Gasteiger partial charge on any atom is -0.507 e. The zero-order valence-corrected chi connectivity index (χ0v) is 9.46. The molecular formula is C11H13BrO2. The van der Waals surface area contributed by atoms with Crippen LogP contribution in [0.1, 0.15) is 29.6 Å². The molecule has 1 aromatic rings. The van der Waals surface area contributed by atoms with Crippen molar-refractivity contribution < 1.29 is 9.90 Å². The number of ketones is 1. The Balaban J connectivity index is 2.56. The first-order chi connectivity index (χ1) is 6.75. The molecule has 2 nitrogen and oxygen atoms in total. The molecule has 1 aromatic carbocycles. The third-order valence-corrected chi connectivity index (χ3v) is 2.55. The Bertz CT molecular complexity index is 310. The highest BCUT2D eigenvalue weighted by atomic mass is 79.9. The van der Waals surface area contributed by atoms with Crippen molar-refractivity contribution in [2.24, 2.45) is 0 Å². The summed E-state index contributed by atoms with van der Waals surface area (Å²) in [4.78, 5) is 11.6. The number of halogens is 1. The monoisotopic (exact) mass is 256 g/mol. The Morgan fingerprint density at radius 2 is 2.00 bits per heavy atom. The number of hydrogen-bond donors (Lipinski definition) is 1. The van der Waals surface area contributed by atoms with Gasteiger partial charge >= 0.3 is 0 Å². The standard InChI is InChI=1S/C11H13BrO2/c12-8-4-3-7-11(14)9-5-1-2-6-10(9)13/h1-2,5-6,13H,3-4,7-8H2. The molecule has 0 aliphatic heterocycles. The van der Waals surface area contributed by atoms with Crippen molar-refractivity contribution in [3.8, 4) is 5.75 Å². The number of carbonyl (C=O) groups excluding carboxylic acids is 1. The fourth-order valence-electron chi connectivity index (χ4n) is 1.22. The van der Waals surface area contributed by atoms with Crippen LogP contribution in [0.25, 0.3) is 0 Å². The Labute approximate surface area is 92.1 Å². The maximum Gasteiger partial charge on any atom is 0.166 e. The first-order valence-corrected chi connectivity index (χ1v) is 5.75. The summed E-state index contributed by atoms with van der Waals surface area (Å²) in [5.41, 5.74) is 0.432. The summed E-state index contributed by atoms with van der Waals surface area (Å²) >= 11 is 3.31. The van der Waals surface area contributed by atoms with Crippen molar-refractivity contribution in [1.82, 2.24) is 0 Å². The van der Waals surface area contributed by atoms with Crippen molar-refractivity contribution in [3.63, 3.8) is 0 Å². The number of phenolic OH excluding ortho intramolecular Hbond substituents is 1. The number of benzene rings is 1. The third kappa shape index (κ3) is 3.14. The second-order valence-electron chi connectivity index (χ2n) is 3.09. The van der Waals surface area contributed by atoms with Crippen LogP contribution in [0, 0.1) is 0 Å². The summed E-state index contributed by atoms with van der Waals surface area (Å²) in [5, 5.41) is 10.3. The number of carbonyl (C=O) groups is 1. The molecule has 0 spiro atoms. The number of rotatable bonds is 5. The smallest absolute Gasteiger partial charge is 0.166 e. The summed E-state index contributed by atoms with van der Waals surface area (Å²) in [6.07, 6.45) is 2.35. The van der Waals surface area contributed by atoms with Gasteiger partial charge in [0.15, 0.2) is 5.78 Å². The summed E-state index contributed by atoms with van der Waals surface area (Å²) in [6.45, 7) is 0. The molecule has 1 rings (SSSR count). The van der Waals surface area contributed by atoms with E-state index >= 15 is 0 Å². The summed E-state index contributed by atoms with van der Waals surface area (Å²) in [6, 6.07) is 6.67. The van der Waals surface area contributed by atoms with Gasteiger partial charge in [0.05, 0.1) is 5.56 Å². The molecule has 0 aromatic heterocycles. The van der Waals surface area contributed by atoms with Crippen LogP contribution in [-0.4, -0.2) is 16.2 Å². The zero-order valence-electron chi connectivity index (χ0n) is 7.87. The molecule has 0 atom stereocenters. The van der Waals surface area contributed by atoms with E-state index in [1.165, 1.54) is 6.07 Å². The van der Waals surface area contributed by atoms with Gasteiger partial charge in [-0.05, 0) is 25.0 Å². The van der Waals surface area contributed by atoms with E-state index < -0.39 is 0 Å². The molecule has 3 heteroatoms. The Morgan fingerprint density at radius 3 is 2.64 bits per heavy atom. The third-order valence-electron chi connectivity index (χ3n) is 1.99. The fourth-order valence-corrected chi connectivity index (χ4v) is 1.62. The second-order valence-corrected chi connectivity index (χ2v) is 3.88. The van der Waals surface area contributed by atoms with Crippen molar-refractivity contribution in [2.45, 2.75) is 19.3 Å². The molecular weight excluding hydrogens is 244 g/mol. The largest absolute Gasteiger partial charge is 0.507 e. The maximum atomic E-state index is 11.6. The molecule has 0 heterocycles. The highest BCUT2D eigenvalue weighted by Crippen LogP contribution is 2.18. The quantitative estimate of drug-likeness (QED) is 0.500. The van der Waals surface area contributed by atoms with Crippen LogP contribution in [0.5, 0.6) is 5.75 Å². The van der Waals surface area contributed by atoms with E-state index in [9.17, 15) is 9.90 Å². The van der Waals surface area contributed by atoms with E-state index in [4.69, 9.17) is 0 Å². The second kappa shape index (κ2) is 5.81. The number of hydrogen-bond acceptors (Lipinski definition) is 2. The Kier molecular flexibility index (Phi) is 4.66. The van der Waals surface area contributed by atoms with E-state index in [2.05, 4.69) is 15.9 Å². The number of para-hydroxylation sites is 1. The molecule has 0 unspecified atom stereocenters. The molecule has 0 radical (unpaired) electrons. The van der Waals surface area contributed by atoms with E-state index in [-0.39, 0.29) is 11.5 Å². The maximum absolute atomic E-state index is 11.6. The van der Waals surface area contributed by atoms with E-state index in [1.807, 2.05) is 0 Å². The molecule has 0 bridgehead atoms. The average molecular weight is 257 g/mol. The lowest BCUT2D eigenvalue weighted by Crippen LogP contribution is -1.99. The minimum atomic E-state index is 0.0176. The minimum absolute atomic E-state index is 0.0176. The molecule has 14 heavy (non-hydrogen) atoms. The highest BCUT2D eigenvalue weighted by molar-refractivity contribution is 9.09. The normalized spacial score (nSPS) is 10.1. The SMILES string of the molecule is O=C(CCCCBr)c1ccccc1O. The van der Waals surface area contributed by atoms with Crippen LogP contribution < -0.4 is 0 Å². The Morgan fingerprint density at radius 1 is 1.29 bits per heavy atom. The number of aromatic hydroxyl groups is 1. The van der Waals surface area contributed by atoms with E-state index in [0.717, 1.165) is 18.2 Å². The highest BCUT2D eigenvalue weighted by Gasteiger charge is 2.08. The molecule has 1 N–H and O–H groups in total. The van der Waals surface area contributed by atoms with Gasteiger partial charge in [-0.3, -0.25) is 4.79 Å². The summed E-state index contributed by atoms with van der Waals surface area (Å²) in [7, 11) is 0. The van der Waals surface area contributed by atoms with E-state index in [1.54, 1.807) is 18.2 Å². The predicted octanol–water partition coefficient (Wildman–Crippen LogP) is 3.14. The van der Waals surface area contributed by atoms with Gasteiger partial charge in [-0.2, -0.15) is 0 Å². The van der Waals surface area contributed by atoms with Crippen molar-refractivity contribution in [1.29, 1.82) is 0 Å². The van der Waals surface area contributed by atoms with Crippen LogP contribution in [0.2, 0.25) is 0 Å². The number of alkyl halides is 1. The Hall–Kier alpha value is -0.830.